The van der Waals surface area contributed by atoms with E-state index in [9.17, 15) is 0 Å². The van der Waals surface area contributed by atoms with Gasteiger partial charge in [0.2, 0.25) is 0 Å². The normalized spacial score (nSPS) is 24.3. The Balaban J connectivity index is 1.88. The van der Waals surface area contributed by atoms with Crippen molar-refractivity contribution in [3.63, 3.8) is 0 Å². The molecular weight excluding hydrogens is 228 g/mol. The molecule has 3 N–H and O–H groups in total. The zero-order valence-corrected chi connectivity index (χ0v) is 11.3. The molecule has 0 spiro atoms. The number of nitrogens with one attached hydrogen (secondary N) is 1. The van der Waals surface area contributed by atoms with Gasteiger partial charge in [0.05, 0.1) is 12.5 Å². The average molecular weight is 252 g/mol. The van der Waals surface area contributed by atoms with Gasteiger partial charge in [-0.2, -0.15) is 0 Å². The fourth-order valence-electron chi connectivity index (χ4n) is 2.59. The van der Waals surface area contributed by atoms with Crippen LogP contribution >= 0.6 is 0 Å². The molecule has 1 aromatic rings. The fourth-order valence-corrected chi connectivity index (χ4v) is 2.59. The molecule has 2 rings (SSSR count). The molecule has 5 nitrogen and oxygen atoms in total. The molecule has 1 aliphatic heterocycles. The number of piperazine rings is 1. The van der Waals surface area contributed by atoms with Crippen LogP contribution in [0.5, 0.6) is 0 Å². The Labute approximate surface area is 109 Å². The Bertz CT molecular complexity index is 341. The van der Waals surface area contributed by atoms with Crippen molar-refractivity contribution in [2.24, 2.45) is 5.84 Å². The number of hydrogen-bond acceptors (Lipinski definition) is 5. The molecule has 0 radical (unpaired) electrons. The average Bonchev–Trinajstić information content (AvgIpc) is 2.85. The molecule has 1 saturated heterocycles. The van der Waals surface area contributed by atoms with Crippen molar-refractivity contribution >= 4 is 0 Å². The van der Waals surface area contributed by atoms with Crippen molar-refractivity contribution in [2.45, 2.75) is 24.9 Å². The molecule has 0 bridgehead atoms. The summed E-state index contributed by atoms with van der Waals surface area (Å²) in [6.45, 7) is 3.39. The standard InChI is InChI=1S/C13H24N4O/c1-16-4-5-17(2)13(9-16)8-12(15-14)7-11-3-6-18-10-11/h3,6,10,12-13,15H,4-5,7-9,14H2,1-2H3. The number of hydrazine groups is 1. The van der Waals surface area contributed by atoms with E-state index in [0.29, 0.717) is 12.1 Å². The lowest BCUT2D eigenvalue weighted by molar-refractivity contribution is 0.101. The van der Waals surface area contributed by atoms with Crippen LogP contribution in [-0.2, 0) is 6.42 Å². The van der Waals surface area contributed by atoms with Gasteiger partial charge in [-0.05, 0) is 38.6 Å². The number of hydrogen-bond donors (Lipinski definition) is 2. The SMILES string of the molecule is CN1CCN(C)C(CC(Cc2ccoc2)NN)C1. The largest absolute Gasteiger partial charge is 0.472 e. The molecule has 1 aromatic heterocycles. The topological polar surface area (TPSA) is 57.7 Å². The van der Waals surface area contributed by atoms with E-state index in [1.54, 1.807) is 12.5 Å². The lowest BCUT2D eigenvalue weighted by Crippen LogP contribution is -2.53. The summed E-state index contributed by atoms with van der Waals surface area (Å²) in [4.78, 5) is 4.82. The Kier molecular flexibility index (Phi) is 4.77. The summed E-state index contributed by atoms with van der Waals surface area (Å²) in [6, 6.07) is 2.86. The molecular formula is C13H24N4O. The predicted molar refractivity (Wildman–Crippen MR) is 72.1 cm³/mol. The number of rotatable bonds is 5. The van der Waals surface area contributed by atoms with Gasteiger partial charge in [0, 0.05) is 31.7 Å². The van der Waals surface area contributed by atoms with Crippen molar-refractivity contribution < 1.29 is 4.42 Å². The molecule has 18 heavy (non-hydrogen) atoms. The molecule has 2 atom stereocenters. The maximum atomic E-state index is 5.67. The van der Waals surface area contributed by atoms with E-state index in [4.69, 9.17) is 10.3 Å². The molecule has 0 saturated carbocycles. The van der Waals surface area contributed by atoms with Gasteiger partial charge in [-0.15, -0.1) is 0 Å². The third kappa shape index (κ3) is 3.55. The third-order valence-corrected chi connectivity index (χ3v) is 3.83. The number of nitrogens with zero attached hydrogens (tertiary/aromatic N) is 2. The van der Waals surface area contributed by atoms with Gasteiger partial charge in [0.15, 0.2) is 0 Å². The molecule has 1 aliphatic rings. The van der Waals surface area contributed by atoms with Crippen molar-refractivity contribution in [1.29, 1.82) is 0 Å². The summed E-state index contributed by atoms with van der Waals surface area (Å²) in [5.41, 5.74) is 4.14. The fraction of sp³-hybridized carbons (Fsp3) is 0.692. The van der Waals surface area contributed by atoms with E-state index in [1.807, 2.05) is 6.07 Å². The van der Waals surface area contributed by atoms with E-state index in [0.717, 1.165) is 32.5 Å². The summed E-state index contributed by atoms with van der Waals surface area (Å²) in [6.07, 6.45) is 5.48. The van der Waals surface area contributed by atoms with Gasteiger partial charge in [-0.3, -0.25) is 11.3 Å². The lowest BCUT2D eigenvalue weighted by Gasteiger charge is -2.39. The van der Waals surface area contributed by atoms with Crippen molar-refractivity contribution in [3.8, 4) is 0 Å². The van der Waals surface area contributed by atoms with Crippen LogP contribution in [0.4, 0.5) is 0 Å². The van der Waals surface area contributed by atoms with Gasteiger partial charge in [-0.25, -0.2) is 0 Å². The predicted octanol–water partition coefficient (Wildman–Crippen LogP) is 0.290. The van der Waals surface area contributed by atoms with Crippen LogP contribution in [-0.4, -0.2) is 55.6 Å². The highest BCUT2D eigenvalue weighted by Crippen LogP contribution is 2.14. The number of furan rings is 1. The zero-order valence-electron chi connectivity index (χ0n) is 11.3. The smallest absolute Gasteiger partial charge is 0.0935 e. The maximum absolute atomic E-state index is 5.67. The first-order valence-electron chi connectivity index (χ1n) is 6.55. The summed E-state index contributed by atoms with van der Waals surface area (Å²) in [5.74, 6) is 5.67. The van der Waals surface area contributed by atoms with Crippen LogP contribution in [0.3, 0.4) is 0 Å². The molecule has 2 heterocycles. The Morgan fingerprint density at radius 1 is 1.50 bits per heavy atom. The Hall–Kier alpha value is -0.880. The number of nitrogens with two attached hydrogens (primary N) is 1. The summed E-state index contributed by atoms with van der Waals surface area (Å²) >= 11 is 0. The summed E-state index contributed by atoms with van der Waals surface area (Å²) in [5, 5.41) is 0. The lowest BCUT2D eigenvalue weighted by atomic mass is 9.99. The highest BCUT2D eigenvalue weighted by Gasteiger charge is 2.25. The van der Waals surface area contributed by atoms with Crippen LogP contribution < -0.4 is 11.3 Å². The molecule has 5 heteroatoms. The zero-order chi connectivity index (χ0) is 13.0. The molecule has 1 fully saturated rings. The first-order chi connectivity index (χ1) is 8.69. The van der Waals surface area contributed by atoms with E-state index in [2.05, 4.69) is 29.3 Å². The van der Waals surface area contributed by atoms with Crippen molar-refractivity contribution in [2.75, 3.05) is 33.7 Å². The summed E-state index contributed by atoms with van der Waals surface area (Å²) < 4.78 is 5.10. The van der Waals surface area contributed by atoms with Crippen molar-refractivity contribution in [3.05, 3.63) is 24.2 Å². The molecule has 0 aromatic carbocycles. The van der Waals surface area contributed by atoms with Crippen LogP contribution in [0.2, 0.25) is 0 Å². The first kappa shape index (κ1) is 13.5. The van der Waals surface area contributed by atoms with Gasteiger partial charge in [-0.1, -0.05) is 0 Å². The van der Waals surface area contributed by atoms with Gasteiger partial charge in [0.1, 0.15) is 0 Å². The molecule has 0 amide bonds. The van der Waals surface area contributed by atoms with Gasteiger partial charge < -0.3 is 14.2 Å². The quantitative estimate of drug-likeness (QED) is 0.583. The second kappa shape index (κ2) is 6.33. The minimum absolute atomic E-state index is 0.293. The Morgan fingerprint density at radius 3 is 3.00 bits per heavy atom. The minimum atomic E-state index is 0.293. The molecule has 2 unspecified atom stereocenters. The minimum Gasteiger partial charge on any atom is -0.472 e. The van der Waals surface area contributed by atoms with E-state index in [-0.39, 0.29) is 0 Å². The monoisotopic (exact) mass is 252 g/mol. The second-order valence-corrected chi connectivity index (χ2v) is 5.33. The second-order valence-electron chi connectivity index (χ2n) is 5.33. The summed E-state index contributed by atoms with van der Waals surface area (Å²) in [7, 11) is 4.38. The maximum Gasteiger partial charge on any atom is 0.0935 e. The molecule has 102 valence electrons. The van der Waals surface area contributed by atoms with Crippen LogP contribution in [0.25, 0.3) is 0 Å². The van der Waals surface area contributed by atoms with Gasteiger partial charge >= 0.3 is 0 Å². The highest BCUT2D eigenvalue weighted by molar-refractivity contribution is 5.07. The third-order valence-electron chi connectivity index (χ3n) is 3.83. The first-order valence-corrected chi connectivity index (χ1v) is 6.55. The Morgan fingerprint density at radius 2 is 2.33 bits per heavy atom. The van der Waals surface area contributed by atoms with Crippen LogP contribution in [0.15, 0.2) is 23.0 Å². The van der Waals surface area contributed by atoms with E-state index < -0.39 is 0 Å². The van der Waals surface area contributed by atoms with Crippen LogP contribution in [0, 0.1) is 0 Å². The van der Waals surface area contributed by atoms with Crippen LogP contribution in [0.1, 0.15) is 12.0 Å². The van der Waals surface area contributed by atoms with E-state index >= 15 is 0 Å². The van der Waals surface area contributed by atoms with Crippen molar-refractivity contribution in [1.82, 2.24) is 15.2 Å². The van der Waals surface area contributed by atoms with Gasteiger partial charge in [0.25, 0.3) is 0 Å². The highest BCUT2D eigenvalue weighted by atomic mass is 16.3. The number of likely N-dealkylation sites (N-methyl/N-ethyl adjacent to an activating group) is 2. The molecule has 0 aliphatic carbocycles. The van der Waals surface area contributed by atoms with E-state index in [1.165, 1.54) is 5.56 Å².